The van der Waals surface area contributed by atoms with Gasteiger partial charge in [0.25, 0.3) is 0 Å². The molecule has 0 aliphatic carbocycles. The Kier molecular flexibility index (Phi) is 6.85. The number of hydrogen-bond acceptors (Lipinski definition) is 1. The molecular weight excluding hydrogens is 554 g/mol. The molecular formula is C9F21OP. The third-order valence-corrected chi connectivity index (χ3v) is 6.60. The second-order valence-corrected chi connectivity index (χ2v) is 8.35. The van der Waals surface area contributed by atoms with Gasteiger partial charge in [0.15, 0.2) is 0 Å². The summed E-state index contributed by atoms with van der Waals surface area (Å²) in [5.74, 6) is -26.5. The van der Waals surface area contributed by atoms with Crippen LogP contribution in [0.2, 0.25) is 0 Å². The minimum atomic E-state index is -11.4. The second-order valence-electron chi connectivity index (χ2n) is 5.45. The fourth-order valence-corrected chi connectivity index (χ4v) is 4.26. The van der Waals surface area contributed by atoms with Crippen molar-refractivity contribution in [2.75, 3.05) is 0 Å². The highest BCUT2D eigenvalue weighted by Crippen LogP contribution is 2.87. The summed E-state index contributed by atoms with van der Waals surface area (Å²) in [6.07, 6.45) is -24.9. The fourth-order valence-electron chi connectivity index (χ4n) is 1.63. The smallest absolute Gasteiger partial charge is 0.304 e. The average Bonchev–Trinajstić information content (AvgIpc) is 2.49. The molecule has 0 saturated carbocycles. The number of hydrogen-bond donors (Lipinski definition) is 0. The van der Waals surface area contributed by atoms with Gasteiger partial charge in [-0.1, -0.05) is 0 Å². The van der Waals surface area contributed by atoms with Crippen LogP contribution in [0.4, 0.5) is 92.2 Å². The molecule has 0 amide bonds. The predicted octanol–water partition coefficient (Wildman–Crippen LogP) is 7.72. The van der Waals surface area contributed by atoms with Gasteiger partial charge in [0.05, 0.1) is 0 Å². The van der Waals surface area contributed by atoms with E-state index in [1.807, 2.05) is 0 Å². The Morgan fingerprint density at radius 3 is 0.531 bits per heavy atom. The summed E-state index contributed by atoms with van der Waals surface area (Å²) in [5.41, 5.74) is -27.9. The lowest BCUT2D eigenvalue weighted by Crippen LogP contribution is -2.65. The summed E-state index contributed by atoms with van der Waals surface area (Å²) in [4.78, 5) is 0. The SMILES string of the molecule is O=P(C(F)(F)C(F)(F)C(F)(F)F)(C(F)(F)C(F)(F)C(F)(F)F)C(F)(F)C(F)(F)C(F)(F)F. The zero-order valence-electron chi connectivity index (χ0n) is 13.3. The first-order valence-corrected chi connectivity index (χ1v) is 8.03. The van der Waals surface area contributed by atoms with E-state index in [0.717, 1.165) is 0 Å². The maximum absolute atomic E-state index is 13.5. The minimum Gasteiger partial charge on any atom is -0.304 e. The normalized spacial score (nSPS) is 17.0. The van der Waals surface area contributed by atoms with Gasteiger partial charge in [-0.15, -0.1) is 0 Å². The first-order valence-electron chi connectivity index (χ1n) is 6.32. The lowest BCUT2D eigenvalue weighted by Gasteiger charge is -2.44. The van der Waals surface area contributed by atoms with Gasteiger partial charge in [0.2, 0.25) is 0 Å². The van der Waals surface area contributed by atoms with Crippen LogP contribution < -0.4 is 0 Å². The van der Waals surface area contributed by atoms with Crippen LogP contribution in [0.3, 0.4) is 0 Å². The Bertz CT molecular complexity index is 649. The Hall–Kier alpha value is -1.24. The molecule has 0 unspecified atom stereocenters. The molecule has 0 fully saturated rings. The summed E-state index contributed by atoms with van der Waals surface area (Å²) < 4.78 is 278. The van der Waals surface area contributed by atoms with Crippen molar-refractivity contribution in [1.29, 1.82) is 0 Å². The highest BCUT2D eigenvalue weighted by Gasteiger charge is 2.99. The van der Waals surface area contributed by atoms with Crippen molar-refractivity contribution >= 4 is 7.14 Å². The molecule has 0 rings (SSSR count). The summed E-state index contributed by atoms with van der Waals surface area (Å²) in [5, 5.41) is 0. The van der Waals surface area contributed by atoms with Crippen LogP contribution in [0.15, 0.2) is 0 Å². The number of alkyl halides is 21. The van der Waals surface area contributed by atoms with E-state index in [1.165, 1.54) is 0 Å². The largest absolute Gasteiger partial charge is 0.460 e. The van der Waals surface area contributed by atoms with E-state index in [1.54, 1.807) is 0 Å². The fraction of sp³-hybridized carbons (Fsp3) is 1.00. The number of halogens is 21. The maximum Gasteiger partial charge on any atom is 0.460 e. The Balaban J connectivity index is 7.95. The van der Waals surface area contributed by atoms with Crippen LogP contribution >= 0.6 is 7.14 Å². The molecule has 0 aromatic carbocycles. The standard InChI is InChI=1S/C9F21OP/c10-1(11,4(16,17)18)7(25,26)32(31,8(27,28)2(12,13)5(19,20)21)9(29,30)3(14,15)6(22,23)24. The van der Waals surface area contributed by atoms with Gasteiger partial charge >= 0.3 is 60.4 Å². The zero-order chi connectivity index (χ0) is 27.0. The Labute approximate surface area is 158 Å². The molecule has 0 heterocycles. The van der Waals surface area contributed by atoms with E-state index in [-0.39, 0.29) is 0 Å². The van der Waals surface area contributed by atoms with Crippen LogP contribution in [-0.4, -0.2) is 53.3 Å². The molecule has 0 saturated heterocycles. The lowest BCUT2D eigenvalue weighted by molar-refractivity contribution is -0.359. The first kappa shape index (κ1) is 30.8. The van der Waals surface area contributed by atoms with Gasteiger partial charge < -0.3 is 4.57 Å². The van der Waals surface area contributed by atoms with Crippen LogP contribution in [0.5, 0.6) is 0 Å². The van der Waals surface area contributed by atoms with Gasteiger partial charge in [0.1, 0.15) is 0 Å². The summed E-state index contributed by atoms with van der Waals surface area (Å²) in [6.45, 7) is 0. The Morgan fingerprint density at radius 2 is 0.438 bits per heavy atom. The molecule has 23 heteroatoms. The van der Waals surface area contributed by atoms with E-state index >= 15 is 0 Å². The molecule has 0 atom stereocenters. The second kappa shape index (κ2) is 7.13. The van der Waals surface area contributed by atoms with Gasteiger partial charge in [-0.25, -0.2) is 0 Å². The lowest BCUT2D eigenvalue weighted by atomic mass is 10.3. The van der Waals surface area contributed by atoms with Crippen LogP contribution in [-0.2, 0) is 4.57 Å². The van der Waals surface area contributed by atoms with Crippen molar-refractivity contribution in [3.8, 4) is 0 Å². The van der Waals surface area contributed by atoms with Crippen molar-refractivity contribution in [1.82, 2.24) is 0 Å². The summed E-state index contributed by atoms with van der Waals surface area (Å²) in [6, 6.07) is 0. The first-order chi connectivity index (χ1) is 13.2. The van der Waals surface area contributed by atoms with Gasteiger partial charge in [-0.2, -0.15) is 92.2 Å². The highest BCUT2D eigenvalue weighted by molar-refractivity contribution is 7.67. The third-order valence-electron chi connectivity index (χ3n) is 3.39. The molecule has 0 aromatic heterocycles. The van der Waals surface area contributed by atoms with E-state index in [9.17, 15) is 96.8 Å². The van der Waals surface area contributed by atoms with Crippen molar-refractivity contribution in [2.45, 2.75) is 53.3 Å². The Morgan fingerprint density at radius 1 is 0.312 bits per heavy atom. The van der Waals surface area contributed by atoms with Crippen LogP contribution in [0.1, 0.15) is 0 Å². The third kappa shape index (κ3) is 3.48. The van der Waals surface area contributed by atoms with Crippen molar-refractivity contribution in [3.63, 3.8) is 0 Å². The quantitative estimate of drug-likeness (QED) is 0.243. The number of rotatable bonds is 6. The zero-order valence-corrected chi connectivity index (χ0v) is 14.2. The van der Waals surface area contributed by atoms with Crippen molar-refractivity contribution in [3.05, 3.63) is 0 Å². The minimum absolute atomic E-state index is 8.29. The molecule has 0 aromatic rings. The molecule has 0 aliphatic heterocycles. The van der Waals surface area contributed by atoms with Crippen LogP contribution in [0, 0.1) is 0 Å². The average molecular weight is 554 g/mol. The van der Waals surface area contributed by atoms with E-state index in [2.05, 4.69) is 0 Å². The van der Waals surface area contributed by atoms with E-state index in [0.29, 0.717) is 0 Å². The van der Waals surface area contributed by atoms with Gasteiger partial charge in [0, 0.05) is 0 Å². The molecule has 0 N–H and O–H groups in total. The summed E-state index contributed by atoms with van der Waals surface area (Å²) in [7, 11) is -11.4. The molecule has 0 aliphatic rings. The van der Waals surface area contributed by atoms with Gasteiger partial charge in [-0.05, 0) is 0 Å². The molecule has 0 spiro atoms. The highest BCUT2D eigenvalue weighted by atomic mass is 31.2. The molecule has 0 radical (unpaired) electrons. The van der Waals surface area contributed by atoms with Crippen molar-refractivity contribution in [2.24, 2.45) is 0 Å². The predicted molar refractivity (Wildman–Crippen MR) is 55.5 cm³/mol. The summed E-state index contributed by atoms with van der Waals surface area (Å²) >= 11 is 0. The maximum atomic E-state index is 13.5. The van der Waals surface area contributed by atoms with E-state index < -0.39 is 60.4 Å². The molecule has 0 bridgehead atoms. The topological polar surface area (TPSA) is 17.1 Å². The molecule has 1 nitrogen and oxygen atoms in total. The molecule has 32 heavy (non-hydrogen) atoms. The van der Waals surface area contributed by atoms with Gasteiger partial charge in [-0.3, -0.25) is 0 Å². The monoisotopic (exact) mass is 554 g/mol. The van der Waals surface area contributed by atoms with Crippen molar-refractivity contribution < 1.29 is 96.8 Å². The van der Waals surface area contributed by atoms with E-state index in [4.69, 9.17) is 0 Å². The molecule has 194 valence electrons. The van der Waals surface area contributed by atoms with Crippen LogP contribution in [0.25, 0.3) is 0 Å².